The van der Waals surface area contributed by atoms with E-state index in [2.05, 4.69) is 10.2 Å². The van der Waals surface area contributed by atoms with Crippen LogP contribution in [0.15, 0.2) is 24.3 Å². The molecular weight excluding hydrogens is 293 g/mol. The molecule has 1 heterocycles. The van der Waals surface area contributed by atoms with E-state index < -0.39 is 4.92 Å². The number of nitro benzene ring substituents is 1. The van der Waals surface area contributed by atoms with Crippen molar-refractivity contribution in [3.8, 4) is 11.5 Å². The lowest BCUT2D eigenvalue weighted by molar-refractivity contribution is -0.385. The number of halogens is 2. The number of hydrogen-bond donors (Lipinski definition) is 0. The Bertz CT molecular complexity index is 649. The molecule has 1 aromatic carbocycles. The van der Waals surface area contributed by atoms with Crippen LogP contribution in [0.5, 0.6) is 11.5 Å². The monoisotopic (exact) mass is 299 g/mol. The highest BCUT2D eigenvalue weighted by Crippen LogP contribution is 2.33. The van der Waals surface area contributed by atoms with E-state index in [1.807, 2.05) is 0 Å². The molecule has 0 saturated heterocycles. The van der Waals surface area contributed by atoms with E-state index in [-0.39, 0.29) is 21.7 Å². The minimum atomic E-state index is -0.485. The van der Waals surface area contributed by atoms with Gasteiger partial charge in [0.2, 0.25) is 0 Å². The highest BCUT2D eigenvalue weighted by Gasteiger charge is 2.16. The van der Waals surface area contributed by atoms with E-state index in [0.717, 1.165) is 0 Å². The summed E-state index contributed by atoms with van der Waals surface area (Å²) in [4.78, 5) is 10.3. The van der Waals surface area contributed by atoms with Crippen molar-refractivity contribution in [2.24, 2.45) is 0 Å². The summed E-state index contributed by atoms with van der Waals surface area (Å²) in [6, 6.07) is 5.88. The van der Waals surface area contributed by atoms with Gasteiger partial charge in [-0.25, -0.2) is 0 Å². The van der Waals surface area contributed by atoms with E-state index in [4.69, 9.17) is 27.9 Å². The first-order chi connectivity index (χ1) is 8.99. The van der Waals surface area contributed by atoms with Crippen LogP contribution in [0.4, 0.5) is 5.69 Å². The molecule has 6 nitrogen and oxygen atoms in total. The molecule has 0 bridgehead atoms. The van der Waals surface area contributed by atoms with Crippen LogP contribution < -0.4 is 4.74 Å². The molecule has 0 spiro atoms. The molecule has 0 N–H and O–H groups in total. The Hall–Kier alpha value is -1.92. The highest BCUT2D eigenvalue weighted by molar-refractivity contribution is 6.32. The molecule has 0 saturated carbocycles. The Kier molecular flexibility index (Phi) is 3.82. The van der Waals surface area contributed by atoms with Crippen LogP contribution >= 0.6 is 23.2 Å². The molecule has 2 aromatic rings. The normalized spacial score (nSPS) is 10.3. The topological polar surface area (TPSA) is 78.2 Å². The van der Waals surface area contributed by atoms with Crippen molar-refractivity contribution in [1.82, 2.24) is 10.2 Å². The second-order valence-electron chi connectivity index (χ2n) is 3.58. The number of ether oxygens (including phenoxy) is 1. The van der Waals surface area contributed by atoms with E-state index >= 15 is 0 Å². The van der Waals surface area contributed by atoms with Gasteiger partial charge >= 0.3 is 0 Å². The van der Waals surface area contributed by atoms with Gasteiger partial charge in [-0.05, 0) is 13.0 Å². The third-order valence-electron chi connectivity index (χ3n) is 2.36. The first kappa shape index (κ1) is 13.5. The predicted octanol–water partition coefficient (Wildman–Crippen LogP) is 3.79. The van der Waals surface area contributed by atoms with Gasteiger partial charge in [0.05, 0.1) is 10.5 Å². The summed E-state index contributed by atoms with van der Waals surface area (Å²) in [5.41, 5.74) is 0.346. The number of hydrogen-bond acceptors (Lipinski definition) is 5. The van der Waals surface area contributed by atoms with Crippen LogP contribution in [0.25, 0.3) is 0 Å². The van der Waals surface area contributed by atoms with Gasteiger partial charge in [-0.15, -0.1) is 10.2 Å². The second kappa shape index (κ2) is 5.38. The molecule has 98 valence electrons. The van der Waals surface area contributed by atoms with E-state index in [9.17, 15) is 10.1 Å². The number of nitrogens with zero attached hydrogens (tertiary/aromatic N) is 3. The lowest BCUT2D eigenvalue weighted by Gasteiger charge is -2.09. The van der Waals surface area contributed by atoms with Crippen molar-refractivity contribution in [3.63, 3.8) is 0 Å². The summed E-state index contributed by atoms with van der Waals surface area (Å²) in [6.07, 6.45) is 0. The van der Waals surface area contributed by atoms with Gasteiger partial charge in [-0.1, -0.05) is 29.3 Å². The molecule has 0 unspecified atom stereocenters. The SMILES string of the molecule is Cc1c(Oc2cc(Cl)nnc2Cl)cccc1[N+](=O)[O-]. The quantitative estimate of drug-likeness (QED) is 0.636. The van der Waals surface area contributed by atoms with Crippen molar-refractivity contribution in [1.29, 1.82) is 0 Å². The number of rotatable bonds is 3. The number of nitro groups is 1. The summed E-state index contributed by atoms with van der Waals surface area (Å²) < 4.78 is 5.49. The number of aromatic nitrogens is 2. The summed E-state index contributed by atoms with van der Waals surface area (Å²) in [7, 11) is 0. The molecule has 0 radical (unpaired) electrons. The molecule has 0 aliphatic heterocycles. The maximum atomic E-state index is 10.8. The molecule has 0 aliphatic rings. The van der Waals surface area contributed by atoms with Crippen molar-refractivity contribution < 1.29 is 9.66 Å². The molecule has 8 heteroatoms. The Morgan fingerprint density at radius 2 is 2.00 bits per heavy atom. The maximum Gasteiger partial charge on any atom is 0.276 e. The average molecular weight is 300 g/mol. The fourth-order valence-corrected chi connectivity index (χ4v) is 1.71. The first-order valence-electron chi connectivity index (χ1n) is 5.09. The third-order valence-corrected chi connectivity index (χ3v) is 2.81. The highest BCUT2D eigenvalue weighted by atomic mass is 35.5. The lowest BCUT2D eigenvalue weighted by atomic mass is 10.2. The average Bonchev–Trinajstić information content (AvgIpc) is 2.36. The third kappa shape index (κ3) is 2.91. The zero-order chi connectivity index (χ0) is 14.0. The standard InChI is InChI=1S/C11H7Cl2N3O3/c1-6-7(16(17)18)3-2-4-8(6)19-9-5-10(12)14-15-11(9)13/h2-5H,1H3. The van der Waals surface area contributed by atoms with Gasteiger partial charge in [0.15, 0.2) is 16.1 Å². The van der Waals surface area contributed by atoms with Crippen molar-refractivity contribution in [2.45, 2.75) is 6.92 Å². The van der Waals surface area contributed by atoms with Crippen molar-refractivity contribution in [2.75, 3.05) is 0 Å². The minimum absolute atomic E-state index is 0.0234. The van der Waals surface area contributed by atoms with Crippen molar-refractivity contribution in [3.05, 3.63) is 50.2 Å². The van der Waals surface area contributed by atoms with Crippen LogP contribution in [0.2, 0.25) is 10.3 Å². The van der Waals surface area contributed by atoms with E-state index in [0.29, 0.717) is 11.3 Å². The van der Waals surface area contributed by atoms with Gasteiger partial charge in [-0.2, -0.15) is 0 Å². The predicted molar refractivity (Wildman–Crippen MR) is 70.0 cm³/mol. The minimum Gasteiger partial charge on any atom is -0.453 e. The Morgan fingerprint density at radius 1 is 1.26 bits per heavy atom. The Balaban J connectivity index is 2.41. The Labute approximate surface area is 118 Å². The fraction of sp³-hybridized carbons (Fsp3) is 0.0909. The zero-order valence-electron chi connectivity index (χ0n) is 9.63. The summed E-state index contributed by atoms with van der Waals surface area (Å²) in [6.45, 7) is 1.58. The van der Waals surface area contributed by atoms with Crippen LogP contribution in [0.1, 0.15) is 5.56 Å². The fourth-order valence-electron chi connectivity index (χ4n) is 1.44. The molecular formula is C11H7Cl2N3O3. The van der Waals surface area contributed by atoms with Gasteiger partial charge in [0.25, 0.3) is 5.69 Å². The van der Waals surface area contributed by atoms with E-state index in [1.165, 1.54) is 18.2 Å². The maximum absolute atomic E-state index is 10.8. The molecule has 0 aliphatic carbocycles. The van der Waals surface area contributed by atoms with Crippen LogP contribution in [0, 0.1) is 17.0 Å². The largest absolute Gasteiger partial charge is 0.453 e. The van der Waals surface area contributed by atoms with Crippen LogP contribution in [-0.2, 0) is 0 Å². The van der Waals surface area contributed by atoms with Crippen LogP contribution in [0.3, 0.4) is 0 Å². The number of benzene rings is 1. The summed E-state index contributed by atoms with van der Waals surface area (Å²) in [5.74, 6) is 0.491. The first-order valence-corrected chi connectivity index (χ1v) is 5.85. The van der Waals surface area contributed by atoms with Crippen molar-refractivity contribution >= 4 is 28.9 Å². The molecule has 0 amide bonds. The molecule has 1 aromatic heterocycles. The zero-order valence-corrected chi connectivity index (χ0v) is 11.1. The molecule has 0 atom stereocenters. The van der Waals surface area contributed by atoms with E-state index in [1.54, 1.807) is 13.0 Å². The lowest BCUT2D eigenvalue weighted by Crippen LogP contribution is -1.96. The summed E-state index contributed by atoms with van der Waals surface area (Å²) >= 11 is 11.5. The van der Waals surface area contributed by atoms with Gasteiger partial charge in [0.1, 0.15) is 5.75 Å². The second-order valence-corrected chi connectivity index (χ2v) is 4.33. The summed E-state index contributed by atoms with van der Waals surface area (Å²) in [5, 5.41) is 18.1. The smallest absolute Gasteiger partial charge is 0.276 e. The molecule has 2 rings (SSSR count). The molecule has 0 fully saturated rings. The van der Waals surface area contributed by atoms with Gasteiger partial charge < -0.3 is 4.74 Å². The Morgan fingerprint density at radius 3 is 2.68 bits per heavy atom. The van der Waals surface area contributed by atoms with Crippen LogP contribution in [-0.4, -0.2) is 15.1 Å². The van der Waals surface area contributed by atoms with Gasteiger partial charge in [-0.3, -0.25) is 10.1 Å². The van der Waals surface area contributed by atoms with Gasteiger partial charge in [0, 0.05) is 12.1 Å². The molecule has 19 heavy (non-hydrogen) atoms.